The highest BCUT2D eigenvalue weighted by Crippen LogP contribution is 2.26. The maximum Gasteiger partial charge on any atom is 0.264 e. The number of nitrogens with one attached hydrogen (secondary N) is 1. The quantitative estimate of drug-likeness (QED) is 0.588. The first kappa shape index (κ1) is 21.9. The second-order valence-corrected chi connectivity index (χ2v) is 9.32. The van der Waals surface area contributed by atoms with Gasteiger partial charge in [0.05, 0.1) is 10.6 Å². The van der Waals surface area contributed by atoms with Crippen molar-refractivity contribution < 1.29 is 13.2 Å². The van der Waals surface area contributed by atoms with Crippen molar-refractivity contribution in [3.05, 3.63) is 94.5 Å². The molecule has 5 nitrogen and oxygen atoms in total. The van der Waals surface area contributed by atoms with E-state index in [2.05, 4.69) is 5.32 Å². The van der Waals surface area contributed by atoms with Crippen LogP contribution in [0.25, 0.3) is 0 Å². The molecule has 3 aromatic carbocycles. The maximum atomic E-state index is 12.9. The SMILES string of the molecule is Cc1cc(C(=O)NCCc2ccccc2)ccc1N(C)S(=O)(=O)c1ccc(Cl)cc1. The Labute approximate surface area is 182 Å². The summed E-state index contributed by atoms with van der Waals surface area (Å²) < 4.78 is 27.0. The zero-order valence-corrected chi connectivity index (χ0v) is 18.4. The summed E-state index contributed by atoms with van der Waals surface area (Å²) in [5.74, 6) is -0.191. The lowest BCUT2D eigenvalue weighted by Gasteiger charge is -2.22. The van der Waals surface area contributed by atoms with Crippen LogP contribution in [0.1, 0.15) is 21.5 Å². The van der Waals surface area contributed by atoms with Gasteiger partial charge in [0.2, 0.25) is 0 Å². The van der Waals surface area contributed by atoms with Crippen LogP contribution in [0.2, 0.25) is 5.02 Å². The molecule has 156 valence electrons. The van der Waals surface area contributed by atoms with Gasteiger partial charge in [0.25, 0.3) is 15.9 Å². The Morgan fingerprint density at radius 1 is 1.00 bits per heavy atom. The molecule has 0 aliphatic heterocycles. The number of benzene rings is 3. The molecule has 0 fully saturated rings. The van der Waals surface area contributed by atoms with Crippen LogP contribution >= 0.6 is 11.6 Å². The molecule has 0 saturated heterocycles. The first-order valence-electron chi connectivity index (χ1n) is 9.46. The van der Waals surface area contributed by atoms with Crippen molar-refractivity contribution in [2.75, 3.05) is 17.9 Å². The smallest absolute Gasteiger partial charge is 0.264 e. The second kappa shape index (κ2) is 9.32. The summed E-state index contributed by atoms with van der Waals surface area (Å²) in [6.07, 6.45) is 0.742. The first-order chi connectivity index (χ1) is 14.3. The van der Waals surface area contributed by atoms with Gasteiger partial charge in [-0.2, -0.15) is 0 Å². The van der Waals surface area contributed by atoms with Gasteiger partial charge in [0.1, 0.15) is 0 Å². The topological polar surface area (TPSA) is 66.5 Å². The summed E-state index contributed by atoms with van der Waals surface area (Å²) in [4.78, 5) is 12.6. The number of sulfonamides is 1. The lowest BCUT2D eigenvalue weighted by Crippen LogP contribution is -2.28. The average Bonchev–Trinajstić information content (AvgIpc) is 2.74. The number of hydrogen-bond donors (Lipinski definition) is 1. The fraction of sp³-hybridized carbons (Fsp3) is 0.174. The van der Waals surface area contributed by atoms with Crippen LogP contribution < -0.4 is 9.62 Å². The molecular weight excluding hydrogens is 420 g/mol. The van der Waals surface area contributed by atoms with E-state index in [9.17, 15) is 13.2 Å². The highest BCUT2D eigenvalue weighted by atomic mass is 35.5. The minimum absolute atomic E-state index is 0.150. The zero-order chi connectivity index (χ0) is 21.7. The largest absolute Gasteiger partial charge is 0.352 e. The molecule has 0 spiro atoms. The Bertz CT molecular complexity index is 1130. The van der Waals surface area contributed by atoms with E-state index < -0.39 is 10.0 Å². The highest BCUT2D eigenvalue weighted by molar-refractivity contribution is 7.92. The third-order valence-electron chi connectivity index (χ3n) is 4.81. The molecule has 0 aromatic heterocycles. The van der Waals surface area contributed by atoms with Gasteiger partial charge in [0, 0.05) is 24.2 Å². The molecule has 7 heteroatoms. The van der Waals surface area contributed by atoms with E-state index in [1.807, 2.05) is 30.3 Å². The number of halogens is 1. The third-order valence-corrected chi connectivity index (χ3v) is 6.85. The number of carbonyl (C=O) groups is 1. The highest BCUT2D eigenvalue weighted by Gasteiger charge is 2.23. The molecular formula is C23H23ClN2O3S. The molecule has 1 amide bonds. The molecule has 0 unspecified atom stereocenters. The van der Waals surface area contributed by atoms with E-state index in [0.717, 1.165) is 12.0 Å². The van der Waals surface area contributed by atoms with E-state index in [1.54, 1.807) is 25.1 Å². The molecule has 3 aromatic rings. The number of amides is 1. The zero-order valence-electron chi connectivity index (χ0n) is 16.8. The number of hydrogen-bond acceptors (Lipinski definition) is 3. The molecule has 0 aliphatic carbocycles. The van der Waals surface area contributed by atoms with Crippen LogP contribution in [0.15, 0.2) is 77.7 Å². The minimum Gasteiger partial charge on any atom is -0.352 e. The predicted octanol–water partition coefficient (Wildman–Crippen LogP) is 4.45. The van der Waals surface area contributed by atoms with Crippen LogP contribution in [-0.4, -0.2) is 27.9 Å². The van der Waals surface area contributed by atoms with Gasteiger partial charge in [-0.05, 0) is 66.9 Å². The van der Waals surface area contributed by atoms with Gasteiger partial charge in [-0.15, -0.1) is 0 Å². The lowest BCUT2D eigenvalue weighted by molar-refractivity contribution is 0.0954. The van der Waals surface area contributed by atoms with Crippen molar-refractivity contribution in [3.63, 3.8) is 0 Å². The van der Waals surface area contributed by atoms with Crippen molar-refractivity contribution in [1.82, 2.24) is 5.32 Å². The van der Waals surface area contributed by atoms with Gasteiger partial charge in [-0.25, -0.2) is 8.42 Å². The summed E-state index contributed by atoms with van der Waals surface area (Å²) in [6, 6.07) is 20.9. The predicted molar refractivity (Wildman–Crippen MR) is 121 cm³/mol. The van der Waals surface area contributed by atoms with Gasteiger partial charge in [-0.1, -0.05) is 41.9 Å². The average molecular weight is 443 g/mol. The summed E-state index contributed by atoms with van der Waals surface area (Å²) >= 11 is 5.86. The fourth-order valence-electron chi connectivity index (χ4n) is 3.11. The number of anilines is 1. The van der Waals surface area contributed by atoms with Gasteiger partial charge < -0.3 is 5.32 Å². The van der Waals surface area contributed by atoms with Crippen molar-refractivity contribution in [1.29, 1.82) is 0 Å². The number of aryl methyl sites for hydroxylation is 1. The van der Waals surface area contributed by atoms with Crippen LogP contribution in [0.4, 0.5) is 5.69 Å². The second-order valence-electron chi connectivity index (χ2n) is 6.92. The fourth-order valence-corrected chi connectivity index (χ4v) is 4.50. The molecule has 0 atom stereocenters. The summed E-state index contributed by atoms with van der Waals surface area (Å²) in [5, 5.41) is 3.37. The summed E-state index contributed by atoms with van der Waals surface area (Å²) in [5.41, 5.74) is 2.83. The Balaban J connectivity index is 1.71. The Hall–Kier alpha value is -2.83. The van der Waals surface area contributed by atoms with Crippen LogP contribution in [0.5, 0.6) is 0 Å². The number of nitrogens with zero attached hydrogens (tertiary/aromatic N) is 1. The first-order valence-corrected chi connectivity index (χ1v) is 11.3. The molecule has 0 bridgehead atoms. The molecule has 0 radical (unpaired) electrons. The molecule has 0 saturated carbocycles. The Kier molecular flexibility index (Phi) is 6.80. The number of rotatable bonds is 7. The summed E-state index contributed by atoms with van der Waals surface area (Å²) in [7, 11) is -2.24. The monoisotopic (exact) mass is 442 g/mol. The van der Waals surface area contributed by atoms with E-state index in [1.165, 1.54) is 35.6 Å². The van der Waals surface area contributed by atoms with Gasteiger partial charge >= 0.3 is 0 Å². The van der Waals surface area contributed by atoms with Crippen LogP contribution in [0.3, 0.4) is 0 Å². The Morgan fingerprint density at radius 3 is 2.30 bits per heavy atom. The molecule has 1 N–H and O–H groups in total. The summed E-state index contributed by atoms with van der Waals surface area (Å²) in [6.45, 7) is 2.30. The third kappa shape index (κ3) is 5.01. The van der Waals surface area contributed by atoms with E-state index in [4.69, 9.17) is 11.6 Å². The molecule has 0 aliphatic rings. The van der Waals surface area contributed by atoms with Crippen LogP contribution in [-0.2, 0) is 16.4 Å². The number of carbonyl (C=O) groups excluding carboxylic acids is 1. The maximum absolute atomic E-state index is 12.9. The van der Waals surface area contributed by atoms with Gasteiger partial charge in [-0.3, -0.25) is 9.10 Å². The van der Waals surface area contributed by atoms with Gasteiger partial charge in [0.15, 0.2) is 0 Å². The normalized spacial score (nSPS) is 11.2. The molecule has 3 rings (SSSR count). The van der Waals surface area contributed by atoms with Crippen LogP contribution in [0, 0.1) is 6.92 Å². The van der Waals surface area contributed by atoms with Crippen molar-refractivity contribution >= 4 is 33.2 Å². The van der Waals surface area contributed by atoms with Crippen molar-refractivity contribution in [3.8, 4) is 0 Å². The standard InChI is InChI=1S/C23H23ClN2O3S/c1-17-16-19(23(27)25-15-14-18-6-4-3-5-7-18)8-13-22(17)26(2)30(28,29)21-11-9-20(24)10-12-21/h3-13,16H,14-15H2,1-2H3,(H,25,27). The van der Waals surface area contributed by atoms with Crippen molar-refractivity contribution in [2.24, 2.45) is 0 Å². The van der Waals surface area contributed by atoms with E-state index >= 15 is 0 Å². The van der Waals surface area contributed by atoms with E-state index in [0.29, 0.717) is 28.4 Å². The van der Waals surface area contributed by atoms with E-state index in [-0.39, 0.29) is 10.8 Å². The lowest BCUT2D eigenvalue weighted by atomic mass is 10.1. The molecule has 30 heavy (non-hydrogen) atoms. The minimum atomic E-state index is -3.74. The molecule has 0 heterocycles. The van der Waals surface area contributed by atoms with Crippen molar-refractivity contribution in [2.45, 2.75) is 18.2 Å². The Morgan fingerprint density at radius 2 is 1.67 bits per heavy atom.